The number of likely N-dealkylation sites (tertiary alicyclic amines) is 1. The smallest absolute Gasteiger partial charge is 0.317 e. The summed E-state index contributed by atoms with van der Waals surface area (Å²) in [6.07, 6.45) is 3.48. The molecule has 1 N–H and O–H groups in total. The molecule has 134 valence electrons. The monoisotopic (exact) mass is 332 g/mol. The van der Waals surface area contributed by atoms with Gasteiger partial charge in [0, 0.05) is 20.1 Å². The summed E-state index contributed by atoms with van der Waals surface area (Å²) in [5, 5.41) is 3.21. The number of amides is 2. The summed E-state index contributed by atoms with van der Waals surface area (Å²) >= 11 is 0. The molecule has 24 heavy (non-hydrogen) atoms. The van der Waals surface area contributed by atoms with Gasteiger partial charge in [0.1, 0.15) is 0 Å². The van der Waals surface area contributed by atoms with E-state index in [9.17, 15) is 4.79 Å². The molecule has 1 atom stereocenters. The first-order valence-electron chi connectivity index (χ1n) is 9.00. The molecule has 0 saturated carbocycles. The van der Waals surface area contributed by atoms with Crippen LogP contribution in [0.5, 0.6) is 0 Å². The maximum atomic E-state index is 12.6. The number of nitrogens with zero attached hydrogens (tertiary/aromatic N) is 3. The minimum absolute atomic E-state index is 0.0156. The van der Waals surface area contributed by atoms with Crippen molar-refractivity contribution in [1.29, 1.82) is 0 Å². The quantitative estimate of drug-likeness (QED) is 0.794. The van der Waals surface area contributed by atoms with E-state index in [0.717, 1.165) is 26.1 Å². The Bertz CT molecular complexity index is 485. The Kier molecular flexibility index (Phi) is 7.53. The zero-order valence-electron chi connectivity index (χ0n) is 15.4. The SMILES string of the molecule is CN(C)CCC(NC(=O)N(C)CCN1CCCC1)c1ccccc1. The van der Waals surface area contributed by atoms with E-state index in [0.29, 0.717) is 0 Å². The number of hydrogen-bond donors (Lipinski definition) is 1. The van der Waals surface area contributed by atoms with E-state index in [2.05, 4.69) is 41.3 Å². The predicted octanol–water partition coefficient (Wildman–Crippen LogP) is 2.42. The Balaban J connectivity index is 1.87. The van der Waals surface area contributed by atoms with E-state index in [4.69, 9.17) is 0 Å². The summed E-state index contributed by atoms with van der Waals surface area (Å²) in [4.78, 5) is 19.0. The molecule has 0 aliphatic carbocycles. The van der Waals surface area contributed by atoms with Gasteiger partial charge in [0.25, 0.3) is 0 Å². The summed E-state index contributed by atoms with van der Waals surface area (Å²) in [6, 6.07) is 10.3. The summed E-state index contributed by atoms with van der Waals surface area (Å²) in [5.74, 6) is 0. The Labute approximate surface area is 146 Å². The molecule has 1 aromatic rings. The highest BCUT2D eigenvalue weighted by Gasteiger charge is 2.18. The number of nitrogens with one attached hydrogen (secondary N) is 1. The molecule has 1 aliphatic heterocycles. The van der Waals surface area contributed by atoms with Crippen molar-refractivity contribution in [3.63, 3.8) is 0 Å². The Morgan fingerprint density at radius 2 is 1.79 bits per heavy atom. The van der Waals surface area contributed by atoms with Gasteiger partial charge in [-0.3, -0.25) is 0 Å². The van der Waals surface area contributed by atoms with Crippen LogP contribution >= 0.6 is 0 Å². The van der Waals surface area contributed by atoms with Crippen molar-refractivity contribution in [2.45, 2.75) is 25.3 Å². The van der Waals surface area contributed by atoms with Crippen LogP contribution in [0, 0.1) is 0 Å². The van der Waals surface area contributed by atoms with Crippen molar-refractivity contribution >= 4 is 6.03 Å². The van der Waals surface area contributed by atoms with Gasteiger partial charge in [-0.2, -0.15) is 0 Å². The second-order valence-electron chi connectivity index (χ2n) is 6.98. The fraction of sp³-hybridized carbons (Fsp3) is 0.632. The van der Waals surface area contributed by atoms with Gasteiger partial charge >= 0.3 is 6.03 Å². The van der Waals surface area contributed by atoms with Crippen molar-refractivity contribution in [1.82, 2.24) is 20.0 Å². The van der Waals surface area contributed by atoms with Gasteiger partial charge in [0.2, 0.25) is 0 Å². The van der Waals surface area contributed by atoms with E-state index in [1.54, 1.807) is 0 Å². The topological polar surface area (TPSA) is 38.8 Å². The third-order valence-electron chi connectivity index (χ3n) is 4.66. The van der Waals surface area contributed by atoms with Crippen molar-refractivity contribution < 1.29 is 4.79 Å². The fourth-order valence-corrected chi connectivity index (χ4v) is 3.05. The zero-order valence-corrected chi connectivity index (χ0v) is 15.4. The number of benzene rings is 1. The fourth-order valence-electron chi connectivity index (χ4n) is 3.05. The van der Waals surface area contributed by atoms with Crippen LogP contribution in [-0.4, -0.2) is 74.6 Å². The van der Waals surface area contributed by atoms with E-state index in [-0.39, 0.29) is 12.1 Å². The molecule has 1 aromatic carbocycles. The van der Waals surface area contributed by atoms with Crippen molar-refractivity contribution in [2.75, 3.05) is 53.9 Å². The molecular formula is C19H32N4O. The molecule has 1 unspecified atom stereocenters. The number of urea groups is 1. The molecule has 0 spiro atoms. The molecule has 1 saturated heterocycles. The van der Waals surface area contributed by atoms with Crippen LogP contribution in [0.15, 0.2) is 30.3 Å². The van der Waals surface area contributed by atoms with E-state index in [1.165, 1.54) is 31.5 Å². The summed E-state index contributed by atoms with van der Waals surface area (Å²) in [7, 11) is 6.01. The molecule has 0 radical (unpaired) electrons. The van der Waals surface area contributed by atoms with Gasteiger partial charge in [-0.1, -0.05) is 30.3 Å². The van der Waals surface area contributed by atoms with Gasteiger partial charge in [-0.25, -0.2) is 4.79 Å². The molecule has 0 aromatic heterocycles. The number of likely N-dealkylation sites (N-methyl/N-ethyl adjacent to an activating group) is 1. The van der Waals surface area contributed by atoms with Crippen LogP contribution in [-0.2, 0) is 0 Å². The van der Waals surface area contributed by atoms with E-state index < -0.39 is 0 Å². The Morgan fingerprint density at radius 3 is 2.42 bits per heavy atom. The highest BCUT2D eigenvalue weighted by molar-refractivity contribution is 5.74. The molecule has 5 nitrogen and oxygen atoms in total. The lowest BCUT2D eigenvalue weighted by molar-refractivity contribution is 0.195. The molecule has 2 rings (SSSR count). The number of carbonyl (C=O) groups excluding carboxylic acids is 1. The minimum atomic E-state index is 0.0156. The normalized spacial score (nSPS) is 16.3. The van der Waals surface area contributed by atoms with Gasteiger partial charge in [-0.15, -0.1) is 0 Å². The summed E-state index contributed by atoms with van der Waals surface area (Å²) in [5.41, 5.74) is 1.17. The predicted molar refractivity (Wildman–Crippen MR) is 99.2 cm³/mol. The van der Waals surface area contributed by atoms with Crippen LogP contribution in [0.25, 0.3) is 0 Å². The highest BCUT2D eigenvalue weighted by atomic mass is 16.2. The number of carbonyl (C=O) groups is 1. The van der Waals surface area contributed by atoms with Crippen molar-refractivity contribution in [3.05, 3.63) is 35.9 Å². The first-order valence-corrected chi connectivity index (χ1v) is 9.00. The Morgan fingerprint density at radius 1 is 1.12 bits per heavy atom. The van der Waals surface area contributed by atoms with Gasteiger partial charge < -0.3 is 20.0 Å². The molecule has 0 bridgehead atoms. The molecule has 1 aliphatic rings. The van der Waals surface area contributed by atoms with Gasteiger partial charge in [-0.05, 0) is 58.6 Å². The summed E-state index contributed by atoms with van der Waals surface area (Å²) in [6.45, 7) is 5.03. The third-order valence-corrected chi connectivity index (χ3v) is 4.66. The first-order chi connectivity index (χ1) is 11.6. The first kappa shape index (κ1) is 18.7. The molecule has 5 heteroatoms. The Hall–Kier alpha value is -1.59. The van der Waals surface area contributed by atoms with Crippen LogP contribution in [0.4, 0.5) is 4.79 Å². The second-order valence-corrected chi connectivity index (χ2v) is 6.98. The number of rotatable bonds is 8. The molecule has 1 fully saturated rings. The van der Waals surface area contributed by atoms with Crippen LogP contribution in [0.2, 0.25) is 0 Å². The largest absolute Gasteiger partial charge is 0.331 e. The molecule has 2 amide bonds. The van der Waals surface area contributed by atoms with E-state index >= 15 is 0 Å². The number of hydrogen-bond acceptors (Lipinski definition) is 3. The zero-order chi connectivity index (χ0) is 17.4. The highest BCUT2D eigenvalue weighted by Crippen LogP contribution is 2.17. The average Bonchev–Trinajstić information content (AvgIpc) is 3.10. The maximum Gasteiger partial charge on any atom is 0.317 e. The van der Waals surface area contributed by atoms with Gasteiger partial charge in [0.15, 0.2) is 0 Å². The minimum Gasteiger partial charge on any atom is -0.331 e. The maximum absolute atomic E-state index is 12.6. The van der Waals surface area contributed by atoms with Crippen molar-refractivity contribution in [2.24, 2.45) is 0 Å². The standard InChI is InChI=1S/C19H32N4O/c1-21(2)14-11-18(17-9-5-4-6-10-17)20-19(24)22(3)15-16-23-12-7-8-13-23/h4-6,9-10,18H,7-8,11-16H2,1-3H3,(H,20,24). The van der Waals surface area contributed by atoms with Crippen LogP contribution in [0.1, 0.15) is 30.9 Å². The van der Waals surface area contributed by atoms with Crippen LogP contribution < -0.4 is 5.32 Å². The van der Waals surface area contributed by atoms with Crippen molar-refractivity contribution in [3.8, 4) is 0 Å². The van der Waals surface area contributed by atoms with Crippen LogP contribution in [0.3, 0.4) is 0 Å². The lowest BCUT2D eigenvalue weighted by atomic mass is 10.0. The average molecular weight is 332 g/mol. The lowest BCUT2D eigenvalue weighted by Gasteiger charge is -2.26. The van der Waals surface area contributed by atoms with Gasteiger partial charge in [0.05, 0.1) is 6.04 Å². The molecule has 1 heterocycles. The summed E-state index contributed by atoms with van der Waals surface area (Å²) < 4.78 is 0. The second kappa shape index (κ2) is 9.64. The lowest BCUT2D eigenvalue weighted by Crippen LogP contribution is -2.43. The molecular weight excluding hydrogens is 300 g/mol. The third kappa shape index (κ3) is 6.13. The van der Waals surface area contributed by atoms with E-state index in [1.807, 2.05) is 30.1 Å².